The zero-order valence-electron chi connectivity index (χ0n) is 11.9. The summed E-state index contributed by atoms with van der Waals surface area (Å²) in [6.07, 6.45) is 0.647. The van der Waals surface area contributed by atoms with Crippen LogP contribution in [0.4, 0.5) is 5.69 Å². The number of hydrogen-bond donors (Lipinski definition) is 1. The first-order valence-electron chi connectivity index (χ1n) is 6.40. The van der Waals surface area contributed by atoms with Crippen molar-refractivity contribution in [2.45, 2.75) is 19.3 Å². The minimum Gasteiger partial charge on any atom is -0.307 e. The van der Waals surface area contributed by atoms with Gasteiger partial charge in [-0.05, 0) is 31.1 Å². The summed E-state index contributed by atoms with van der Waals surface area (Å²) in [5.74, 6) is 0.615. The number of nitrogens with one attached hydrogen (secondary N) is 1. The Morgan fingerprint density at radius 3 is 2.86 bits per heavy atom. The zero-order valence-corrected chi connectivity index (χ0v) is 12.7. The second-order valence-corrected chi connectivity index (χ2v) is 5.40. The van der Waals surface area contributed by atoms with Gasteiger partial charge in [-0.1, -0.05) is 17.7 Å². The van der Waals surface area contributed by atoms with Gasteiger partial charge in [-0.3, -0.25) is 15.2 Å². The van der Waals surface area contributed by atoms with Crippen LogP contribution in [0.1, 0.15) is 30.7 Å². The van der Waals surface area contributed by atoms with Crippen molar-refractivity contribution in [3.63, 3.8) is 0 Å². The van der Waals surface area contributed by atoms with Crippen molar-refractivity contribution < 1.29 is 4.92 Å². The largest absolute Gasteiger partial charge is 0.307 e. The van der Waals surface area contributed by atoms with E-state index in [1.807, 2.05) is 20.0 Å². The van der Waals surface area contributed by atoms with Gasteiger partial charge in [0.15, 0.2) is 4.77 Å². The molecule has 1 atom stereocenters. The van der Waals surface area contributed by atoms with Gasteiger partial charge in [0, 0.05) is 25.1 Å². The van der Waals surface area contributed by atoms with Gasteiger partial charge in [0.2, 0.25) is 0 Å². The average Bonchev–Trinajstić information content (AvgIpc) is 2.76. The summed E-state index contributed by atoms with van der Waals surface area (Å²) < 4.78 is 2.30. The summed E-state index contributed by atoms with van der Waals surface area (Å²) >= 11 is 5.14. The van der Waals surface area contributed by atoms with Gasteiger partial charge in [0.05, 0.1) is 4.92 Å². The first-order valence-corrected chi connectivity index (χ1v) is 6.81. The van der Waals surface area contributed by atoms with Crippen LogP contribution in [0.5, 0.6) is 0 Å². The summed E-state index contributed by atoms with van der Waals surface area (Å²) in [4.78, 5) is 10.6. The third-order valence-electron chi connectivity index (χ3n) is 3.26. The topological polar surface area (TPSA) is 76.8 Å². The van der Waals surface area contributed by atoms with Crippen molar-refractivity contribution in [3.05, 3.63) is 62.7 Å². The molecule has 7 heteroatoms. The molecule has 0 spiro atoms. The van der Waals surface area contributed by atoms with Crippen LogP contribution in [0.15, 0.2) is 36.4 Å². The molecule has 1 aromatic carbocycles. The molecule has 1 aromatic heterocycles. The highest BCUT2D eigenvalue weighted by Gasteiger charge is 2.21. The molecule has 110 valence electrons. The van der Waals surface area contributed by atoms with Crippen LogP contribution in [0.25, 0.3) is 0 Å². The third kappa shape index (κ3) is 3.25. The SMILES string of the molecule is C=C(C)CC(c1cccc([N+](=O)[O-])c1)c1n[nH]c(=S)n1C. The van der Waals surface area contributed by atoms with Crippen LogP contribution >= 0.6 is 12.2 Å². The van der Waals surface area contributed by atoms with Crippen molar-refractivity contribution in [1.82, 2.24) is 14.8 Å². The highest BCUT2D eigenvalue weighted by molar-refractivity contribution is 7.71. The van der Waals surface area contributed by atoms with Gasteiger partial charge >= 0.3 is 0 Å². The molecule has 2 rings (SSSR count). The number of non-ortho nitro benzene ring substituents is 1. The number of nitrogens with zero attached hydrogens (tertiary/aromatic N) is 3. The predicted molar refractivity (Wildman–Crippen MR) is 82.8 cm³/mol. The van der Waals surface area contributed by atoms with E-state index >= 15 is 0 Å². The fourth-order valence-electron chi connectivity index (χ4n) is 2.23. The van der Waals surface area contributed by atoms with E-state index < -0.39 is 4.92 Å². The number of rotatable bonds is 5. The molecule has 6 nitrogen and oxygen atoms in total. The van der Waals surface area contributed by atoms with Gasteiger partial charge in [-0.2, -0.15) is 5.10 Å². The molecule has 0 saturated carbocycles. The van der Waals surface area contributed by atoms with Crippen LogP contribution < -0.4 is 0 Å². The van der Waals surface area contributed by atoms with Gasteiger partial charge in [0.1, 0.15) is 5.82 Å². The van der Waals surface area contributed by atoms with E-state index in [-0.39, 0.29) is 11.6 Å². The lowest BCUT2D eigenvalue weighted by Crippen LogP contribution is -2.09. The number of nitro benzene ring substituents is 1. The normalized spacial score (nSPS) is 12.1. The number of benzene rings is 1. The number of nitro groups is 1. The number of aromatic nitrogens is 3. The smallest absolute Gasteiger partial charge is 0.269 e. The minimum atomic E-state index is -0.398. The molecule has 0 fully saturated rings. The van der Waals surface area contributed by atoms with E-state index in [1.54, 1.807) is 16.7 Å². The number of hydrogen-bond acceptors (Lipinski definition) is 4. The second-order valence-electron chi connectivity index (χ2n) is 5.01. The summed E-state index contributed by atoms with van der Waals surface area (Å²) in [5, 5.41) is 18.0. The summed E-state index contributed by atoms with van der Waals surface area (Å²) in [6.45, 7) is 5.86. The Kier molecular flexibility index (Phi) is 4.32. The first kappa shape index (κ1) is 15.1. The van der Waals surface area contributed by atoms with Crippen molar-refractivity contribution >= 4 is 17.9 Å². The van der Waals surface area contributed by atoms with E-state index in [1.165, 1.54) is 6.07 Å². The maximum Gasteiger partial charge on any atom is 0.269 e. The molecule has 0 bridgehead atoms. The molecular weight excluding hydrogens is 288 g/mol. The summed E-state index contributed by atoms with van der Waals surface area (Å²) in [6, 6.07) is 6.59. The fraction of sp³-hybridized carbons (Fsp3) is 0.286. The molecule has 2 aromatic rings. The Hall–Kier alpha value is -2.28. The van der Waals surface area contributed by atoms with E-state index in [9.17, 15) is 10.1 Å². The highest BCUT2D eigenvalue weighted by atomic mass is 32.1. The Balaban J connectivity index is 2.53. The molecule has 0 aliphatic heterocycles. The van der Waals surface area contributed by atoms with Crippen molar-refractivity contribution in [1.29, 1.82) is 0 Å². The maximum atomic E-state index is 10.9. The Bertz CT molecular complexity index is 747. The van der Waals surface area contributed by atoms with Gasteiger partial charge in [-0.25, -0.2) is 0 Å². The van der Waals surface area contributed by atoms with Crippen LogP contribution in [-0.2, 0) is 7.05 Å². The average molecular weight is 304 g/mol. The lowest BCUT2D eigenvalue weighted by atomic mass is 9.91. The Morgan fingerprint density at radius 1 is 1.62 bits per heavy atom. The predicted octanol–water partition coefficient (Wildman–Crippen LogP) is 3.48. The van der Waals surface area contributed by atoms with Crippen molar-refractivity contribution in [2.75, 3.05) is 0 Å². The molecule has 0 radical (unpaired) electrons. The highest BCUT2D eigenvalue weighted by Crippen LogP contribution is 2.30. The van der Waals surface area contributed by atoms with Gasteiger partial charge in [0.25, 0.3) is 5.69 Å². The van der Waals surface area contributed by atoms with Crippen LogP contribution in [0, 0.1) is 14.9 Å². The molecule has 21 heavy (non-hydrogen) atoms. The summed E-state index contributed by atoms with van der Waals surface area (Å²) in [7, 11) is 1.82. The molecular formula is C14H16N4O2S. The molecule has 0 saturated heterocycles. The van der Waals surface area contributed by atoms with Crippen molar-refractivity contribution in [2.24, 2.45) is 7.05 Å². The molecule has 0 aliphatic carbocycles. The quantitative estimate of drug-likeness (QED) is 0.397. The summed E-state index contributed by atoms with van der Waals surface area (Å²) in [5.41, 5.74) is 1.86. The zero-order chi connectivity index (χ0) is 15.6. The molecule has 1 unspecified atom stereocenters. The lowest BCUT2D eigenvalue weighted by Gasteiger charge is -2.16. The second kappa shape index (κ2) is 6.01. The van der Waals surface area contributed by atoms with Crippen LogP contribution in [0.2, 0.25) is 0 Å². The standard InChI is InChI=1S/C14H16N4O2S/c1-9(2)7-12(13-15-16-14(21)17(13)3)10-5-4-6-11(8-10)18(19)20/h4-6,8,12H,1,7H2,2-3H3,(H,16,21). The van der Waals surface area contributed by atoms with E-state index in [0.717, 1.165) is 17.0 Å². The monoisotopic (exact) mass is 304 g/mol. The molecule has 1 N–H and O–H groups in total. The van der Waals surface area contributed by atoms with E-state index in [2.05, 4.69) is 16.8 Å². The van der Waals surface area contributed by atoms with E-state index in [4.69, 9.17) is 12.2 Å². The lowest BCUT2D eigenvalue weighted by molar-refractivity contribution is -0.384. The molecule has 0 amide bonds. The number of allylic oxidation sites excluding steroid dienone is 1. The third-order valence-corrected chi connectivity index (χ3v) is 3.63. The van der Waals surface area contributed by atoms with Crippen LogP contribution in [-0.4, -0.2) is 19.7 Å². The minimum absolute atomic E-state index is 0.0657. The van der Waals surface area contributed by atoms with E-state index in [0.29, 0.717) is 11.2 Å². The van der Waals surface area contributed by atoms with Gasteiger partial charge < -0.3 is 4.57 Å². The fourth-order valence-corrected chi connectivity index (χ4v) is 2.37. The number of aromatic amines is 1. The molecule has 1 heterocycles. The Labute approximate surface area is 127 Å². The molecule has 0 aliphatic rings. The number of H-pyrrole nitrogens is 1. The first-order chi connectivity index (χ1) is 9.90. The van der Waals surface area contributed by atoms with Crippen molar-refractivity contribution in [3.8, 4) is 0 Å². The maximum absolute atomic E-state index is 10.9. The Morgan fingerprint density at radius 2 is 2.33 bits per heavy atom. The van der Waals surface area contributed by atoms with Crippen LogP contribution in [0.3, 0.4) is 0 Å². The van der Waals surface area contributed by atoms with Gasteiger partial charge in [-0.15, -0.1) is 6.58 Å².